The molecule has 0 fully saturated rings. The van der Waals surface area contributed by atoms with Gasteiger partial charge in [-0.3, -0.25) is 0 Å². The quantitative estimate of drug-likeness (QED) is 0.564. The molecular weight excluding hydrogens is 146 g/mol. The van der Waals surface area contributed by atoms with Crippen molar-refractivity contribution in [2.45, 2.75) is 19.4 Å². The first-order chi connectivity index (χ1) is 5.77. The van der Waals surface area contributed by atoms with Crippen LogP contribution in [0.2, 0.25) is 0 Å². The molecule has 0 radical (unpaired) electrons. The van der Waals surface area contributed by atoms with Crippen LogP contribution in [0, 0.1) is 0 Å². The van der Waals surface area contributed by atoms with E-state index in [4.69, 9.17) is 0 Å². The number of likely N-dealkylation sites (N-methyl/N-ethyl adjacent to an activating group) is 1. The molecule has 0 saturated carbocycles. The van der Waals surface area contributed by atoms with Crippen molar-refractivity contribution in [1.29, 1.82) is 0 Å². The van der Waals surface area contributed by atoms with Crippen molar-refractivity contribution in [3.63, 3.8) is 0 Å². The van der Waals surface area contributed by atoms with Crippen LogP contribution in [0.4, 0.5) is 0 Å². The van der Waals surface area contributed by atoms with Gasteiger partial charge in [0.2, 0.25) is 0 Å². The first-order valence-corrected chi connectivity index (χ1v) is 4.53. The van der Waals surface area contributed by atoms with Crippen molar-refractivity contribution < 1.29 is 0 Å². The van der Waals surface area contributed by atoms with Gasteiger partial charge in [-0.15, -0.1) is 0 Å². The average molecular weight is 161 g/mol. The molecule has 1 heterocycles. The third-order valence-electron chi connectivity index (χ3n) is 2.61. The first kappa shape index (κ1) is 7.81. The van der Waals surface area contributed by atoms with Gasteiger partial charge in [-0.1, -0.05) is 31.2 Å². The largest absolute Gasteiger partial charge is 0.302 e. The minimum absolute atomic E-state index is 0.694. The van der Waals surface area contributed by atoms with Crippen LogP contribution in [0.5, 0.6) is 0 Å². The molecule has 64 valence electrons. The summed E-state index contributed by atoms with van der Waals surface area (Å²) in [6.45, 7) is 4.60. The molecule has 0 N–H and O–H groups in total. The molecule has 0 saturated heterocycles. The number of rotatable bonds is 0. The summed E-state index contributed by atoms with van der Waals surface area (Å²) in [6, 6.07) is 8.76. The van der Waals surface area contributed by atoms with Gasteiger partial charge in [0.05, 0.1) is 0 Å². The highest BCUT2D eigenvalue weighted by Gasteiger charge is 2.18. The van der Waals surface area contributed by atoms with Crippen LogP contribution in [0.3, 0.4) is 0 Å². The zero-order chi connectivity index (χ0) is 8.55. The van der Waals surface area contributed by atoms with Crippen LogP contribution in [0.25, 0.3) is 0 Å². The Morgan fingerprint density at radius 3 is 2.92 bits per heavy atom. The molecule has 1 aliphatic rings. The smallest absolute Gasteiger partial charge is 0.0233 e. The fourth-order valence-corrected chi connectivity index (χ4v) is 2.08. The highest BCUT2D eigenvalue weighted by Crippen LogP contribution is 2.26. The predicted molar refractivity (Wildman–Crippen MR) is 51.2 cm³/mol. The van der Waals surface area contributed by atoms with E-state index in [1.54, 1.807) is 0 Å². The maximum atomic E-state index is 2.38. The highest BCUT2D eigenvalue weighted by atomic mass is 15.1. The van der Waals surface area contributed by atoms with E-state index in [-0.39, 0.29) is 0 Å². The molecule has 0 amide bonds. The second-order valence-electron chi connectivity index (χ2n) is 3.80. The monoisotopic (exact) mass is 161 g/mol. The van der Waals surface area contributed by atoms with E-state index in [0.29, 0.717) is 5.92 Å². The molecule has 1 nitrogen and oxygen atoms in total. The molecule has 0 aromatic heterocycles. The zero-order valence-corrected chi connectivity index (χ0v) is 7.75. The maximum Gasteiger partial charge on any atom is 0.0233 e. The SMILES string of the molecule is CC1CN(C)Cc2ccccc21. The average Bonchev–Trinajstić information content (AvgIpc) is 2.04. The maximum absolute atomic E-state index is 2.38. The fraction of sp³-hybridized carbons (Fsp3) is 0.455. The number of nitrogens with zero attached hydrogens (tertiary/aromatic N) is 1. The predicted octanol–water partition coefficient (Wildman–Crippen LogP) is 2.24. The fourth-order valence-electron chi connectivity index (χ4n) is 2.08. The molecule has 1 aliphatic heterocycles. The van der Waals surface area contributed by atoms with Crippen molar-refractivity contribution in [2.75, 3.05) is 13.6 Å². The number of hydrogen-bond donors (Lipinski definition) is 0. The summed E-state index contributed by atoms with van der Waals surface area (Å²) < 4.78 is 0. The minimum Gasteiger partial charge on any atom is -0.302 e. The van der Waals surface area contributed by atoms with Gasteiger partial charge in [0, 0.05) is 13.1 Å². The van der Waals surface area contributed by atoms with Crippen LogP contribution in [-0.2, 0) is 6.54 Å². The molecule has 1 atom stereocenters. The summed E-state index contributed by atoms with van der Waals surface area (Å²) >= 11 is 0. The molecule has 1 heteroatoms. The van der Waals surface area contributed by atoms with Crippen LogP contribution in [0.15, 0.2) is 24.3 Å². The van der Waals surface area contributed by atoms with Crippen molar-refractivity contribution in [3.05, 3.63) is 35.4 Å². The van der Waals surface area contributed by atoms with E-state index < -0.39 is 0 Å². The second-order valence-corrected chi connectivity index (χ2v) is 3.80. The van der Waals surface area contributed by atoms with Crippen LogP contribution in [0.1, 0.15) is 24.0 Å². The van der Waals surface area contributed by atoms with Crippen molar-refractivity contribution in [2.24, 2.45) is 0 Å². The van der Waals surface area contributed by atoms with E-state index in [2.05, 4.69) is 43.1 Å². The Balaban J connectivity index is 2.40. The van der Waals surface area contributed by atoms with E-state index in [1.807, 2.05) is 0 Å². The van der Waals surface area contributed by atoms with Gasteiger partial charge in [-0.05, 0) is 24.1 Å². The standard InChI is InChI=1S/C11H15N/c1-9-7-12(2)8-10-5-3-4-6-11(9)10/h3-6,9H,7-8H2,1-2H3. The lowest BCUT2D eigenvalue weighted by atomic mass is 9.92. The molecular formula is C11H15N. The summed E-state index contributed by atoms with van der Waals surface area (Å²) in [5.41, 5.74) is 3.04. The topological polar surface area (TPSA) is 3.24 Å². The summed E-state index contributed by atoms with van der Waals surface area (Å²) in [5, 5.41) is 0. The Labute approximate surface area is 74.0 Å². The summed E-state index contributed by atoms with van der Waals surface area (Å²) in [4.78, 5) is 2.38. The van der Waals surface area contributed by atoms with Gasteiger partial charge in [-0.25, -0.2) is 0 Å². The Kier molecular flexibility index (Phi) is 1.89. The summed E-state index contributed by atoms with van der Waals surface area (Å²) in [6.07, 6.45) is 0. The second kappa shape index (κ2) is 2.91. The third-order valence-corrected chi connectivity index (χ3v) is 2.61. The van der Waals surface area contributed by atoms with Gasteiger partial charge in [0.25, 0.3) is 0 Å². The molecule has 12 heavy (non-hydrogen) atoms. The summed E-state index contributed by atoms with van der Waals surface area (Å²) in [5.74, 6) is 0.694. The minimum atomic E-state index is 0.694. The lowest BCUT2D eigenvalue weighted by Crippen LogP contribution is -2.28. The Morgan fingerprint density at radius 2 is 2.08 bits per heavy atom. The molecule has 1 aromatic rings. The van der Waals surface area contributed by atoms with Crippen molar-refractivity contribution in [1.82, 2.24) is 4.90 Å². The van der Waals surface area contributed by atoms with Crippen LogP contribution < -0.4 is 0 Å². The van der Waals surface area contributed by atoms with Gasteiger partial charge in [-0.2, -0.15) is 0 Å². The molecule has 0 aliphatic carbocycles. The molecule has 0 spiro atoms. The first-order valence-electron chi connectivity index (χ1n) is 4.53. The van der Waals surface area contributed by atoms with E-state index in [9.17, 15) is 0 Å². The molecule has 1 aromatic carbocycles. The Bertz CT molecular complexity index is 280. The van der Waals surface area contributed by atoms with Gasteiger partial charge in [0.1, 0.15) is 0 Å². The highest BCUT2D eigenvalue weighted by molar-refractivity contribution is 5.32. The lowest BCUT2D eigenvalue weighted by Gasteiger charge is -2.29. The van der Waals surface area contributed by atoms with Crippen molar-refractivity contribution >= 4 is 0 Å². The molecule has 0 bridgehead atoms. The van der Waals surface area contributed by atoms with Gasteiger partial charge in [0.15, 0.2) is 0 Å². The lowest BCUT2D eigenvalue weighted by molar-refractivity contribution is 0.288. The Hall–Kier alpha value is -0.820. The van der Waals surface area contributed by atoms with E-state index in [0.717, 1.165) is 6.54 Å². The summed E-state index contributed by atoms with van der Waals surface area (Å²) in [7, 11) is 2.19. The molecule has 1 unspecified atom stereocenters. The van der Waals surface area contributed by atoms with Crippen LogP contribution >= 0.6 is 0 Å². The van der Waals surface area contributed by atoms with Gasteiger partial charge < -0.3 is 4.90 Å². The number of fused-ring (bicyclic) bond motifs is 1. The van der Waals surface area contributed by atoms with Gasteiger partial charge >= 0.3 is 0 Å². The molecule has 2 rings (SSSR count). The number of hydrogen-bond acceptors (Lipinski definition) is 1. The number of benzene rings is 1. The third kappa shape index (κ3) is 1.25. The Morgan fingerprint density at radius 1 is 1.33 bits per heavy atom. The van der Waals surface area contributed by atoms with Crippen molar-refractivity contribution in [3.8, 4) is 0 Å². The van der Waals surface area contributed by atoms with Crippen LogP contribution in [-0.4, -0.2) is 18.5 Å². The van der Waals surface area contributed by atoms with E-state index in [1.165, 1.54) is 17.7 Å². The normalized spacial score (nSPS) is 23.7. The zero-order valence-electron chi connectivity index (χ0n) is 7.75. The van der Waals surface area contributed by atoms with E-state index >= 15 is 0 Å².